The molecule has 2 aromatic heterocycles. The van der Waals surface area contributed by atoms with Gasteiger partial charge in [0.15, 0.2) is 5.13 Å². The molecular weight excluding hydrogens is 356 g/mol. The summed E-state index contributed by atoms with van der Waals surface area (Å²) in [6.45, 7) is 1.76. The van der Waals surface area contributed by atoms with Crippen molar-refractivity contribution in [3.05, 3.63) is 82.6 Å². The molecule has 0 atom stereocenters. The lowest BCUT2D eigenvalue weighted by molar-refractivity contribution is 0.104. The molecule has 0 saturated carbocycles. The van der Waals surface area contributed by atoms with Gasteiger partial charge in [-0.25, -0.2) is 4.98 Å². The topological polar surface area (TPSA) is 59.0 Å². The minimum atomic E-state index is -0.0243. The Labute approximate surface area is 160 Å². The smallest absolute Gasteiger partial charge is 0.204 e. The number of carbonyl (C=O) groups excluding carboxylic acids is 1. The molecule has 6 heteroatoms. The first-order chi connectivity index (χ1) is 13.3. The molecule has 27 heavy (non-hydrogen) atoms. The Morgan fingerprint density at radius 3 is 2.67 bits per heavy atom. The maximum Gasteiger partial charge on any atom is 0.204 e. The summed E-state index contributed by atoms with van der Waals surface area (Å²) in [4.78, 5) is 28.8. The van der Waals surface area contributed by atoms with Crippen LogP contribution < -0.4 is 4.90 Å². The third-order valence-electron chi connectivity index (χ3n) is 4.85. The third kappa shape index (κ3) is 2.98. The van der Waals surface area contributed by atoms with E-state index in [0.29, 0.717) is 10.4 Å². The maximum absolute atomic E-state index is 12.9. The van der Waals surface area contributed by atoms with Crippen LogP contribution in [0.5, 0.6) is 0 Å². The summed E-state index contributed by atoms with van der Waals surface area (Å²) in [6.07, 6.45) is 5.97. The van der Waals surface area contributed by atoms with Gasteiger partial charge in [0.2, 0.25) is 5.78 Å². The lowest BCUT2D eigenvalue weighted by Gasteiger charge is -2.28. The van der Waals surface area contributed by atoms with E-state index in [2.05, 4.69) is 44.1 Å². The summed E-state index contributed by atoms with van der Waals surface area (Å²) >= 11 is 1.45. The number of ketones is 1. The van der Waals surface area contributed by atoms with Crippen LogP contribution in [0.4, 0.5) is 5.13 Å². The zero-order chi connectivity index (χ0) is 18.2. The molecule has 2 aromatic carbocycles. The summed E-state index contributed by atoms with van der Waals surface area (Å²) in [5.74, 6) is -0.0243. The normalized spacial score (nSPS) is 13.6. The standard InChI is InChI=1S/C21H16N4OS/c26-20(15-5-6-17-18(11-15)23-9-8-22-17)19-12-24-21(27-19)25-10-7-14-3-1-2-4-16(14)13-25/h1-6,8-9,11-12H,7,10,13H2. The average Bonchev–Trinajstić information content (AvgIpc) is 3.23. The monoisotopic (exact) mass is 372 g/mol. The Balaban J connectivity index is 1.40. The van der Waals surface area contributed by atoms with Crippen LogP contribution in [0.3, 0.4) is 0 Å². The summed E-state index contributed by atoms with van der Waals surface area (Å²) in [5.41, 5.74) is 4.85. The predicted octanol–water partition coefficient (Wildman–Crippen LogP) is 3.88. The van der Waals surface area contributed by atoms with Gasteiger partial charge in [0.05, 0.1) is 22.1 Å². The molecule has 1 aliphatic rings. The van der Waals surface area contributed by atoms with Crippen molar-refractivity contribution in [3.8, 4) is 0 Å². The number of nitrogens with zero attached hydrogens (tertiary/aromatic N) is 4. The van der Waals surface area contributed by atoms with Gasteiger partial charge in [-0.05, 0) is 35.7 Å². The van der Waals surface area contributed by atoms with Gasteiger partial charge in [-0.1, -0.05) is 35.6 Å². The van der Waals surface area contributed by atoms with Gasteiger partial charge in [-0.2, -0.15) is 0 Å². The molecule has 0 amide bonds. The van der Waals surface area contributed by atoms with Crippen molar-refractivity contribution in [1.29, 1.82) is 0 Å². The van der Waals surface area contributed by atoms with Crippen LogP contribution in [-0.2, 0) is 13.0 Å². The molecule has 0 aliphatic carbocycles. The molecule has 3 heterocycles. The van der Waals surface area contributed by atoms with E-state index in [0.717, 1.165) is 35.7 Å². The summed E-state index contributed by atoms with van der Waals surface area (Å²) in [6, 6.07) is 13.9. The van der Waals surface area contributed by atoms with Crippen LogP contribution in [0.2, 0.25) is 0 Å². The van der Waals surface area contributed by atoms with E-state index in [1.165, 1.54) is 22.5 Å². The van der Waals surface area contributed by atoms with Crippen molar-refractivity contribution in [3.63, 3.8) is 0 Å². The van der Waals surface area contributed by atoms with Gasteiger partial charge in [-0.15, -0.1) is 0 Å². The van der Waals surface area contributed by atoms with Crippen LogP contribution in [0.25, 0.3) is 11.0 Å². The number of anilines is 1. The fraction of sp³-hybridized carbons (Fsp3) is 0.143. The number of thiazole rings is 1. The highest BCUT2D eigenvalue weighted by molar-refractivity contribution is 7.17. The second kappa shape index (κ2) is 6.55. The van der Waals surface area contributed by atoms with Crippen LogP contribution in [0, 0.1) is 0 Å². The van der Waals surface area contributed by atoms with E-state index >= 15 is 0 Å². The molecule has 0 radical (unpaired) electrons. The van der Waals surface area contributed by atoms with Crippen molar-refractivity contribution >= 4 is 33.3 Å². The van der Waals surface area contributed by atoms with E-state index in [-0.39, 0.29) is 5.78 Å². The summed E-state index contributed by atoms with van der Waals surface area (Å²) in [5, 5.41) is 0.897. The molecule has 132 valence electrons. The Morgan fingerprint density at radius 2 is 1.78 bits per heavy atom. The highest BCUT2D eigenvalue weighted by atomic mass is 32.1. The summed E-state index contributed by atoms with van der Waals surface area (Å²) < 4.78 is 0. The van der Waals surface area contributed by atoms with Gasteiger partial charge in [0, 0.05) is 31.0 Å². The molecule has 0 N–H and O–H groups in total. The second-order valence-electron chi connectivity index (χ2n) is 6.54. The Kier molecular flexibility index (Phi) is 3.90. The molecule has 0 spiro atoms. The lowest BCUT2D eigenvalue weighted by Crippen LogP contribution is -2.30. The Morgan fingerprint density at radius 1 is 0.963 bits per heavy atom. The number of hydrogen-bond donors (Lipinski definition) is 0. The lowest BCUT2D eigenvalue weighted by atomic mass is 10.0. The highest BCUT2D eigenvalue weighted by Crippen LogP contribution is 2.29. The quantitative estimate of drug-likeness (QED) is 0.511. The first-order valence-corrected chi connectivity index (χ1v) is 9.62. The third-order valence-corrected chi connectivity index (χ3v) is 5.91. The van der Waals surface area contributed by atoms with Gasteiger partial charge < -0.3 is 4.90 Å². The molecular formula is C21H16N4OS. The van der Waals surface area contributed by atoms with Gasteiger partial charge in [0.25, 0.3) is 0 Å². The minimum absolute atomic E-state index is 0.0243. The van der Waals surface area contributed by atoms with Crippen molar-refractivity contribution < 1.29 is 4.79 Å². The largest absolute Gasteiger partial charge is 0.343 e. The second-order valence-corrected chi connectivity index (χ2v) is 7.55. The van der Waals surface area contributed by atoms with Gasteiger partial charge >= 0.3 is 0 Å². The van der Waals surface area contributed by atoms with E-state index in [1.54, 1.807) is 30.7 Å². The van der Waals surface area contributed by atoms with Crippen LogP contribution >= 0.6 is 11.3 Å². The van der Waals surface area contributed by atoms with Crippen molar-refractivity contribution in [2.24, 2.45) is 0 Å². The van der Waals surface area contributed by atoms with E-state index in [9.17, 15) is 4.79 Å². The van der Waals surface area contributed by atoms with Gasteiger partial charge in [0.1, 0.15) is 0 Å². The molecule has 0 bridgehead atoms. The maximum atomic E-state index is 12.9. The van der Waals surface area contributed by atoms with E-state index in [4.69, 9.17) is 0 Å². The summed E-state index contributed by atoms with van der Waals surface area (Å²) in [7, 11) is 0. The number of carbonyl (C=O) groups is 1. The highest BCUT2D eigenvalue weighted by Gasteiger charge is 2.21. The van der Waals surface area contributed by atoms with E-state index < -0.39 is 0 Å². The number of hydrogen-bond acceptors (Lipinski definition) is 6. The van der Waals surface area contributed by atoms with Crippen molar-refractivity contribution in [2.75, 3.05) is 11.4 Å². The Bertz CT molecular complexity index is 1150. The Hall–Kier alpha value is -3.12. The number of fused-ring (bicyclic) bond motifs is 2. The molecule has 4 aromatic rings. The number of benzene rings is 2. The molecule has 5 nitrogen and oxygen atoms in total. The zero-order valence-electron chi connectivity index (χ0n) is 14.5. The number of rotatable bonds is 3. The van der Waals surface area contributed by atoms with E-state index in [1.807, 2.05) is 6.07 Å². The first kappa shape index (κ1) is 16.1. The molecule has 0 unspecified atom stereocenters. The molecule has 5 rings (SSSR count). The van der Waals surface area contributed by atoms with Gasteiger partial charge in [-0.3, -0.25) is 14.8 Å². The molecule has 0 saturated heterocycles. The fourth-order valence-corrected chi connectivity index (χ4v) is 4.32. The predicted molar refractivity (Wildman–Crippen MR) is 106 cm³/mol. The van der Waals surface area contributed by atoms with Crippen LogP contribution in [-0.4, -0.2) is 27.3 Å². The van der Waals surface area contributed by atoms with Crippen LogP contribution in [0.15, 0.2) is 61.1 Å². The minimum Gasteiger partial charge on any atom is -0.343 e. The SMILES string of the molecule is O=C(c1ccc2nccnc2c1)c1cnc(N2CCc3ccccc3C2)s1. The fourth-order valence-electron chi connectivity index (χ4n) is 3.42. The van der Waals surface area contributed by atoms with Crippen LogP contribution in [0.1, 0.15) is 26.4 Å². The van der Waals surface area contributed by atoms with Crippen molar-refractivity contribution in [2.45, 2.75) is 13.0 Å². The molecule has 1 aliphatic heterocycles. The average molecular weight is 372 g/mol. The first-order valence-electron chi connectivity index (χ1n) is 8.81. The van der Waals surface area contributed by atoms with Crippen molar-refractivity contribution in [1.82, 2.24) is 15.0 Å². The number of aromatic nitrogens is 3. The zero-order valence-corrected chi connectivity index (χ0v) is 15.3. The molecule has 0 fully saturated rings.